The molecule has 190 valence electrons. The highest BCUT2D eigenvalue weighted by molar-refractivity contribution is 6.31. The smallest absolute Gasteiger partial charge is 0.258 e. The number of aryl methyl sites for hydroxylation is 1. The Morgan fingerprint density at radius 1 is 1.11 bits per heavy atom. The van der Waals surface area contributed by atoms with E-state index in [4.69, 9.17) is 25.5 Å². The fourth-order valence-corrected chi connectivity index (χ4v) is 4.89. The summed E-state index contributed by atoms with van der Waals surface area (Å²) in [4.78, 5) is 29.5. The van der Waals surface area contributed by atoms with E-state index in [-0.39, 0.29) is 24.4 Å². The van der Waals surface area contributed by atoms with Crippen LogP contribution in [0, 0.1) is 6.92 Å². The Kier molecular flexibility index (Phi) is 8.21. The number of carbonyl (C=O) groups excluding carboxylic acids is 2. The molecule has 0 bridgehead atoms. The topological polar surface area (TPSA) is 81.0 Å². The van der Waals surface area contributed by atoms with Crippen molar-refractivity contribution in [2.45, 2.75) is 51.2 Å². The lowest BCUT2D eigenvalue weighted by Gasteiger charge is -2.33. The Bertz CT molecular complexity index is 1220. The number of amides is 2. The molecule has 0 radical (unpaired) electrons. The minimum absolute atomic E-state index is 0.0668. The Morgan fingerprint density at radius 3 is 2.50 bits per heavy atom. The first kappa shape index (κ1) is 25.6. The predicted octanol–water partition coefficient (Wildman–Crippen LogP) is 5.70. The molecular weight excluding hydrogens is 480 g/mol. The first-order chi connectivity index (χ1) is 17.4. The van der Waals surface area contributed by atoms with Crippen LogP contribution in [0.15, 0.2) is 59.2 Å². The number of ether oxygens (including phenoxy) is 2. The van der Waals surface area contributed by atoms with E-state index in [1.54, 1.807) is 44.4 Å². The van der Waals surface area contributed by atoms with Gasteiger partial charge in [-0.1, -0.05) is 42.6 Å². The maximum absolute atomic E-state index is 14.0. The monoisotopic (exact) mass is 510 g/mol. The third kappa shape index (κ3) is 5.51. The lowest BCUT2D eigenvalue weighted by molar-refractivity contribution is -0.126. The second kappa shape index (κ2) is 11.5. The minimum Gasteiger partial charge on any atom is -0.497 e. The summed E-state index contributed by atoms with van der Waals surface area (Å²) < 4.78 is 16.5. The highest BCUT2D eigenvalue weighted by Crippen LogP contribution is 2.36. The van der Waals surface area contributed by atoms with Crippen molar-refractivity contribution >= 4 is 23.4 Å². The van der Waals surface area contributed by atoms with E-state index in [1.165, 1.54) is 18.3 Å². The van der Waals surface area contributed by atoms with E-state index >= 15 is 0 Å². The van der Waals surface area contributed by atoms with Crippen molar-refractivity contribution in [3.05, 3.63) is 82.3 Å². The van der Waals surface area contributed by atoms with E-state index in [0.29, 0.717) is 33.4 Å². The predicted molar refractivity (Wildman–Crippen MR) is 137 cm³/mol. The average molecular weight is 511 g/mol. The quantitative estimate of drug-likeness (QED) is 0.399. The minimum atomic E-state index is -0.982. The molecule has 1 aliphatic rings. The van der Waals surface area contributed by atoms with Crippen molar-refractivity contribution in [1.82, 2.24) is 10.2 Å². The normalized spacial score (nSPS) is 14.3. The molecule has 1 saturated carbocycles. The first-order valence-electron chi connectivity index (χ1n) is 12.0. The molecule has 2 amide bonds. The van der Waals surface area contributed by atoms with Crippen LogP contribution in [0.4, 0.5) is 0 Å². The molecule has 0 spiro atoms. The van der Waals surface area contributed by atoms with Crippen LogP contribution in [0.2, 0.25) is 5.02 Å². The van der Waals surface area contributed by atoms with Gasteiger partial charge in [-0.25, -0.2) is 0 Å². The molecule has 1 aliphatic carbocycles. The molecular formula is C28H31ClN2O5. The van der Waals surface area contributed by atoms with Crippen LogP contribution >= 0.6 is 11.6 Å². The molecule has 0 saturated heterocycles. The van der Waals surface area contributed by atoms with Crippen LogP contribution in [0.1, 0.15) is 59.0 Å². The highest BCUT2D eigenvalue weighted by atomic mass is 35.5. The number of hydrogen-bond donors (Lipinski definition) is 1. The molecule has 1 atom stereocenters. The molecule has 36 heavy (non-hydrogen) atoms. The maximum atomic E-state index is 14.0. The van der Waals surface area contributed by atoms with Crippen LogP contribution in [0.3, 0.4) is 0 Å². The van der Waals surface area contributed by atoms with Gasteiger partial charge in [-0.3, -0.25) is 9.59 Å². The van der Waals surface area contributed by atoms with Crippen LogP contribution in [-0.4, -0.2) is 37.0 Å². The SMILES string of the molecule is COc1ccc([C@@H](C(=O)NC2CCCC2)N(Cc2ccccc2Cl)C(=O)c2ccoc2C)c(OC)c1. The Morgan fingerprint density at radius 2 is 1.86 bits per heavy atom. The molecule has 4 rings (SSSR count). The number of furan rings is 1. The van der Waals surface area contributed by atoms with Crippen molar-refractivity contribution < 1.29 is 23.5 Å². The first-order valence-corrected chi connectivity index (χ1v) is 12.4. The fraction of sp³-hybridized carbons (Fsp3) is 0.357. The van der Waals surface area contributed by atoms with Crippen molar-refractivity contribution in [3.63, 3.8) is 0 Å². The number of halogens is 1. The van der Waals surface area contributed by atoms with Gasteiger partial charge in [-0.15, -0.1) is 0 Å². The lowest BCUT2D eigenvalue weighted by Crippen LogP contribution is -2.46. The summed E-state index contributed by atoms with van der Waals surface area (Å²) in [6, 6.07) is 13.2. The van der Waals surface area contributed by atoms with Gasteiger partial charge in [0.05, 0.1) is 26.0 Å². The van der Waals surface area contributed by atoms with Crippen molar-refractivity contribution in [1.29, 1.82) is 0 Å². The second-order valence-corrected chi connectivity index (χ2v) is 9.32. The standard InChI is InChI=1S/C28H31ClN2O5/c1-18-22(14-15-36-18)28(33)31(17-19-8-4-7-11-24(19)29)26(27(32)30-20-9-5-6-10-20)23-13-12-21(34-2)16-25(23)35-3/h4,7-8,11-16,20,26H,5-6,9-10,17H2,1-3H3,(H,30,32)/t26-/m0/s1. The third-order valence-corrected chi connectivity index (χ3v) is 7.01. The van der Waals surface area contributed by atoms with Crippen molar-refractivity contribution in [2.24, 2.45) is 0 Å². The van der Waals surface area contributed by atoms with Gasteiger partial charge in [0.1, 0.15) is 23.3 Å². The van der Waals surface area contributed by atoms with Crippen molar-refractivity contribution in [2.75, 3.05) is 14.2 Å². The Hall–Kier alpha value is -3.45. The summed E-state index contributed by atoms with van der Waals surface area (Å²) in [6.45, 7) is 1.84. The molecule has 3 aromatic rings. The molecule has 1 N–H and O–H groups in total. The summed E-state index contributed by atoms with van der Waals surface area (Å²) in [5.74, 6) is 0.889. The van der Waals surface area contributed by atoms with Crippen LogP contribution < -0.4 is 14.8 Å². The average Bonchev–Trinajstić information content (AvgIpc) is 3.56. The van der Waals surface area contributed by atoms with Crippen LogP contribution in [0.5, 0.6) is 11.5 Å². The number of nitrogens with zero attached hydrogens (tertiary/aromatic N) is 1. The van der Waals surface area contributed by atoms with Gasteiger partial charge in [-0.05, 0) is 49.6 Å². The zero-order valence-electron chi connectivity index (χ0n) is 20.8. The van der Waals surface area contributed by atoms with Gasteiger partial charge < -0.3 is 24.1 Å². The molecule has 1 fully saturated rings. The molecule has 2 aromatic carbocycles. The number of methoxy groups -OCH3 is 2. The lowest BCUT2D eigenvalue weighted by atomic mass is 9.99. The summed E-state index contributed by atoms with van der Waals surface area (Å²) in [5, 5.41) is 3.69. The summed E-state index contributed by atoms with van der Waals surface area (Å²) in [7, 11) is 3.10. The molecule has 1 aromatic heterocycles. The van der Waals surface area contributed by atoms with Gasteiger partial charge in [-0.2, -0.15) is 0 Å². The number of benzene rings is 2. The molecule has 1 heterocycles. The largest absolute Gasteiger partial charge is 0.497 e. The van der Waals surface area contributed by atoms with Gasteiger partial charge >= 0.3 is 0 Å². The molecule has 0 aliphatic heterocycles. The number of nitrogens with one attached hydrogen (secondary N) is 1. The van der Waals surface area contributed by atoms with Gasteiger partial charge in [0.25, 0.3) is 5.91 Å². The van der Waals surface area contributed by atoms with Gasteiger partial charge in [0.15, 0.2) is 0 Å². The summed E-state index contributed by atoms with van der Waals surface area (Å²) in [5.41, 5.74) is 1.66. The van der Waals surface area contributed by atoms with E-state index in [9.17, 15) is 9.59 Å². The number of rotatable bonds is 9. The highest BCUT2D eigenvalue weighted by Gasteiger charge is 2.36. The zero-order valence-corrected chi connectivity index (χ0v) is 21.5. The number of carbonyl (C=O) groups is 2. The summed E-state index contributed by atoms with van der Waals surface area (Å²) in [6.07, 6.45) is 5.43. The third-order valence-electron chi connectivity index (χ3n) is 6.65. The molecule has 0 unspecified atom stereocenters. The zero-order chi connectivity index (χ0) is 25.7. The summed E-state index contributed by atoms with van der Waals surface area (Å²) >= 11 is 6.50. The van der Waals surface area contributed by atoms with Gasteiger partial charge in [0, 0.05) is 29.2 Å². The van der Waals surface area contributed by atoms with Crippen LogP contribution in [0.25, 0.3) is 0 Å². The Balaban J connectivity index is 1.84. The maximum Gasteiger partial charge on any atom is 0.258 e. The van der Waals surface area contributed by atoms with E-state index in [0.717, 1.165) is 31.2 Å². The fourth-order valence-electron chi connectivity index (χ4n) is 4.70. The molecule has 7 nitrogen and oxygen atoms in total. The van der Waals surface area contributed by atoms with E-state index in [1.807, 2.05) is 18.2 Å². The number of hydrogen-bond acceptors (Lipinski definition) is 5. The van der Waals surface area contributed by atoms with Gasteiger partial charge in [0.2, 0.25) is 5.91 Å². The van der Waals surface area contributed by atoms with E-state index in [2.05, 4.69) is 5.32 Å². The molecule has 8 heteroatoms. The Labute approximate surface area is 216 Å². The second-order valence-electron chi connectivity index (χ2n) is 8.92. The van der Waals surface area contributed by atoms with E-state index < -0.39 is 6.04 Å². The van der Waals surface area contributed by atoms with Crippen LogP contribution in [-0.2, 0) is 11.3 Å². The van der Waals surface area contributed by atoms with Crippen molar-refractivity contribution in [3.8, 4) is 11.5 Å².